The van der Waals surface area contributed by atoms with E-state index in [0.717, 1.165) is 16.3 Å². The van der Waals surface area contributed by atoms with Gasteiger partial charge in [-0.1, -0.05) is 25.4 Å². The first kappa shape index (κ1) is 27.7. The molecular weight excluding hydrogens is 506 g/mol. The van der Waals surface area contributed by atoms with Crippen molar-refractivity contribution in [3.05, 3.63) is 22.7 Å². The minimum Gasteiger partial charge on any atom is -0.495 e. The van der Waals surface area contributed by atoms with Gasteiger partial charge in [0.1, 0.15) is 17.7 Å². The number of carbonyl (C=O) groups excluding carboxylic acids is 1. The van der Waals surface area contributed by atoms with Crippen LogP contribution in [0.3, 0.4) is 0 Å². The van der Waals surface area contributed by atoms with Crippen molar-refractivity contribution in [2.75, 3.05) is 44.7 Å². The standard InChI is InChI=1S/C23H32Cl2F3N5O2/c1-13(2)29-14(3)16-10-17(24)19(35-5)11-18(16)31-6-8-32(9-7-31)20(34)12-33-15(4)21(25)22(30-33)23(26,27)28/h10-11,13-15,21,29H,6-9,12H2,1-5H3. The van der Waals surface area contributed by atoms with Gasteiger partial charge >= 0.3 is 6.18 Å². The minimum atomic E-state index is -4.62. The number of nitrogens with zero attached hydrogens (tertiary/aromatic N) is 4. The molecule has 12 heteroatoms. The van der Waals surface area contributed by atoms with E-state index in [1.165, 1.54) is 6.92 Å². The molecule has 0 aliphatic carbocycles. The van der Waals surface area contributed by atoms with Gasteiger partial charge in [-0.2, -0.15) is 18.3 Å². The number of benzene rings is 1. The van der Waals surface area contributed by atoms with Crippen molar-refractivity contribution in [3.8, 4) is 5.75 Å². The zero-order valence-corrected chi connectivity index (χ0v) is 22.0. The van der Waals surface area contributed by atoms with Gasteiger partial charge in [0, 0.05) is 50.0 Å². The Morgan fingerprint density at radius 2 is 1.86 bits per heavy atom. The highest BCUT2D eigenvalue weighted by atomic mass is 35.5. The normalized spacial score (nSPS) is 22.0. The molecule has 1 N–H and O–H groups in total. The van der Waals surface area contributed by atoms with Crippen molar-refractivity contribution < 1.29 is 22.7 Å². The monoisotopic (exact) mass is 537 g/mol. The van der Waals surface area contributed by atoms with Crippen LogP contribution >= 0.6 is 23.2 Å². The first-order valence-corrected chi connectivity index (χ1v) is 12.4. The summed E-state index contributed by atoms with van der Waals surface area (Å²) < 4.78 is 44.8. The fourth-order valence-corrected chi connectivity index (χ4v) is 4.96. The number of nitrogens with one attached hydrogen (secondary N) is 1. The Bertz CT molecular complexity index is 952. The van der Waals surface area contributed by atoms with Gasteiger partial charge in [-0.05, 0) is 25.5 Å². The minimum absolute atomic E-state index is 0.0360. The molecule has 2 aliphatic heterocycles. The lowest BCUT2D eigenvalue weighted by Crippen LogP contribution is -2.51. The molecule has 1 saturated heterocycles. The first-order valence-electron chi connectivity index (χ1n) is 11.6. The van der Waals surface area contributed by atoms with E-state index in [1.54, 1.807) is 12.0 Å². The van der Waals surface area contributed by atoms with Crippen molar-refractivity contribution >= 4 is 40.5 Å². The molecule has 3 rings (SSSR count). The van der Waals surface area contributed by atoms with Crippen LogP contribution in [0.5, 0.6) is 5.75 Å². The summed E-state index contributed by atoms with van der Waals surface area (Å²) in [5.74, 6) is 0.286. The van der Waals surface area contributed by atoms with Crippen molar-refractivity contribution in [2.45, 2.75) is 57.4 Å². The fourth-order valence-electron chi connectivity index (χ4n) is 4.42. The number of hydrogen-bond donors (Lipinski definition) is 1. The Morgan fingerprint density at radius 1 is 1.23 bits per heavy atom. The molecule has 3 atom stereocenters. The van der Waals surface area contributed by atoms with E-state index in [4.69, 9.17) is 27.9 Å². The van der Waals surface area contributed by atoms with Crippen LogP contribution in [0.4, 0.5) is 18.9 Å². The van der Waals surface area contributed by atoms with E-state index in [0.29, 0.717) is 37.0 Å². The summed E-state index contributed by atoms with van der Waals surface area (Å²) in [6, 6.07) is 3.40. The van der Waals surface area contributed by atoms with Crippen LogP contribution in [-0.4, -0.2) is 85.0 Å². The number of methoxy groups -OCH3 is 1. The van der Waals surface area contributed by atoms with Gasteiger partial charge in [0.15, 0.2) is 5.71 Å². The lowest BCUT2D eigenvalue weighted by atomic mass is 10.0. The number of amides is 1. The molecule has 1 aromatic carbocycles. The quantitative estimate of drug-likeness (QED) is 0.526. The molecule has 2 heterocycles. The van der Waals surface area contributed by atoms with Crippen LogP contribution in [0.2, 0.25) is 5.02 Å². The average Bonchev–Trinajstić information content (AvgIpc) is 3.07. The van der Waals surface area contributed by atoms with E-state index in [2.05, 4.69) is 36.1 Å². The molecule has 1 amide bonds. The van der Waals surface area contributed by atoms with Gasteiger partial charge in [-0.25, -0.2) is 0 Å². The predicted molar refractivity (Wildman–Crippen MR) is 133 cm³/mol. The van der Waals surface area contributed by atoms with Crippen LogP contribution in [0.15, 0.2) is 17.2 Å². The zero-order valence-electron chi connectivity index (χ0n) is 20.5. The Morgan fingerprint density at radius 3 is 2.37 bits per heavy atom. The molecule has 0 radical (unpaired) electrons. The highest BCUT2D eigenvalue weighted by Crippen LogP contribution is 2.37. The maximum atomic E-state index is 13.1. The lowest BCUT2D eigenvalue weighted by molar-refractivity contribution is -0.133. The van der Waals surface area contributed by atoms with Crippen LogP contribution in [-0.2, 0) is 4.79 Å². The SMILES string of the molecule is COc1cc(N2CCN(C(=O)CN3N=C(C(F)(F)F)C(Cl)C3C)CC2)c(C(C)NC(C)C)cc1Cl. The average molecular weight is 538 g/mol. The fraction of sp³-hybridized carbons (Fsp3) is 0.652. The van der Waals surface area contributed by atoms with Gasteiger partial charge in [0.25, 0.3) is 0 Å². The van der Waals surface area contributed by atoms with Crippen molar-refractivity contribution in [1.29, 1.82) is 0 Å². The number of rotatable bonds is 7. The molecule has 0 spiro atoms. The molecule has 7 nitrogen and oxygen atoms in total. The Hall–Kier alpha value is -1.91. The van der Waals surface area contributed by atoms with Gasteiger partial charge in [-0.3, -0.25) is 9.80 Å². The second-order valence-corrected chi connectivity index (χ2v) is 10.1. The molecule has 3 unspecified atom stereocenters. The van der Waals surface area contributed by atoms with E-state index in [-0.39, 0.29) is 24.5 Å². The lowest BCUT2D eigenvalue weighted by Gasteiger charge is -2.38. The number of hydrazone groups is 1. The first-order chi connectivity index (χ1) is 16.3. The van der Waals surface area contributed by atoms with Crippen LogP contribution in [0.1, 0.15) is 39.3 Å². The van der Waals surface area contributed by atoms with Crippen LogP contribution in [0, 0.1) is 0 Å². The number of carbonyl (C=O) groups is 1. The molecule has 1 fully saturated rings. The van der Waals surface area contributed by atoms with E-state index < -0.39 is 23.3 Å². The molecule has 0 bridgehead atoms. The van der Waals surface area contributed by atoms with Crippen molar-refractivity contribution in [3.63, 3.8) is 0 Å². The van der Waals surface area contributed by atoms with Gasteiger partial charge in [-0.15, -0.1) is 11.6 Å². The summed E-state index contributed by atoms with van der Waals surface area (Å²) in [7, 11) is 1.56. The van der Waals surface area contributed by atoms with Gasteiger partial charge in [0.2, 0.25) is 5.91 Å². The summed E-state index contributed by atoms with van der Waals surface area (Å²) in [6.45, 7) is 9.47. The van der Waals surface area contributed by atoms with Gasteiger partial charge < -0.3 is 19.9 Å². The molecule has 196 valence electrons. The smallest absolute Gasteiger partial charge is 0.432 e. The Balaban J connectivity index is 1.70. The number of hydrogen-bond acceptors (Lipinski definition) is 6. The summed E-state index contributed by atoms with van der Waals surface area (Å²) >= 11 is 12.3. The third-order valence-corrected chi connectivity index (χ3v) is 7.17. The molecule has 35 heavy (non-hydrogen) atoms. The number of alkyl halides is 4. The molecule has 2 aliphatic rings. The maximum Gasteiger partial charge on any atom is 0.432 e. The molecule has 1 aromatic rings. The van der Waals surface area contributed by atoms with E-state index in [9.17, 15) is 18.0 Å². The highest BCUT2D eigenvalue weighted by Gasteiger charge is 2.48. The van der Waals surface area contributed by atoms with Crippen LogP contribution < -0.4 is 15.0 Å². The molecular formula is C23H32Cl2F3N5O2. The largest absolute Gasteiger partial charge is 0.495 e. The number of anilines is 1. The highest BCUT2D eigenvalue weighted by molar-refractivity contribution is 6.34. The Kier molecular flexibility index (Phi) is 8.70. The maximum absolute atomic E-state index is 13.1. The summed E-state index contributed by atoms with van der Waals surface area (Å²) in [4.78, 5) is 16.7. The second-order valence-electron chi connectivity index (χ2n) is 9.18. The van der Waals surface area contributed by atoms with E-state index in [1.807, 2.05) is 12.1 Å². The third-order valence-electron chi connectivity index (χ3n) is 6.30. The Labute approximate surface area is 214 Å². The number of piperazine rings is 1. The predicted octanol–water partition coefficient (Wildman–Crippen LogP) is 4.29. The third kappa shape index (κ3) is 6.27. The topological polar surface area (TPSA) is 60.4 Å². The van der Waals surface area contributed by atoms with Crippen molar-refractivity contribution in [2.24, 2.45) is 5.10 Å². The van der Waals surface area contributed by atoms with Crippen molar-refractivity contribution in [1.82, 2.24) is 15.2 Å². The molecule has 0 saturated carbocycles. The summed E-state index contributed by atoms with van der Waals surface area (Å²) in [5, 5.41) is 7.45. The summed E-state index contributed by atoms with van der Waals surface area (Å²) in [5.41, 5.74) is 0.937. The number of halogens is 5. The summed E-state index contributed by atoms with van der Waals surface area (Å²) in [6.07, 6.45) is -4.62. The van der Waals surface area contributed by atoms with Crippen LogP contribution in [0.25, 0.3) is 0 Å². The zero-order chi connectivity index (χ0) is 26.1. The molecule has 0 aromatic heterocycles. The van der Waals surface area contributed by atoms with Gasteiger partial charge in [0.05, 0.1) is 18.2 Å². The van der Waals surface area contributed by atoms with E-state index >= 15 is 0 Å². The number of ether oxygens (including phenoxy) is 1. The second kappa shape index (κ2) is 11.0.